The highest BCUT2D eigenvalue weighted by Gasteiger charge is 2.18. The van der Waals surface area contributed by atoms with Crippen LogP contribution in [-0.4, -0.2) is 26.4 Å². The number of thioether (sulfide) groups is 1. The van der Waals surface area contributed by atoms with Gasteiger partial charge < -0.3 is 5.32 Å². The van der Waals surface area contributed by atoms with Gasteiger partial charge in [-0.1, -0.05) is 62.9 Å². The first kappa shape index (κ1) is 24.1. The molecular formula is C23H23BrF2N4OS. The molecule has 5 nitrogen and oxygen atoms in total. The van der Waals surface area contributed by atoms with Crippen LogP contribution < -0.4 is 5.32 Å². The van der Waals surface area contributed by atoms with E-state index in [2.05, 4.69) is 70.9 Å². The Morgan fingerprint density at radius 3 is 2.50 bits per heavy atom. The molecule has 1 N–H and O–H groups in total. The van der Waals surface area contributed by atoms with Crippen molar-refractivity contribution in [3.05, 3.63) is 70.7 Å². The number of carbonyl (C=O) groups is 1. The van der Waals surface area contributed by atoms with Gasteiger partial charge in [0.15, 0.2) is 16.8 Å². The Bertz CT molecular complexity index is 1120. The van der Waals surface area contributed by atoms with Crippen molar-refractivity contribution >= 4 is 39.3 Å². The fourth-order valence-electron chi connectivity index (χ4n) is 2.99. The number of rotatable bonds is 7. The minimum Gasteiger partial charge on any atom is -0.322 e. The Balaban J connectivity index is 1.76. The van der Waals surface area contributed by atoms with Gasteiger partial charge in [-0.3, -0.25) is 9.36 Å². The van der Waals surface area contributed by atoms with Gasteiger partial charge >= 0.3 is 0 Å². The Hall–Kier alpha value is -2.52. The van der Waals surface area contributed by atoms with E-state index in [0.717, 1.165) is 11.6 Å². The van der Waals surface area contributed by atoms with E-state index < -0.39 is 17.5 Å². The number of hydrogen-bond donors (Lipinski definition) is 1. The lowest BCUT2D eigenvalue weighted by molar-refractivity contribution is -0.113. The van der Waals surface area contributed by atoms with E-state index in [0.29, 0.717) is 23.6 Å². The summed E-state index contributed by atoms with van der Waals surface area (Å²) >= 11 is 4.23. The number of amides is 1. The van der Waals surface area contributed by atoms with Crippen molar-refractivity contribution in [2.75, 3.05) is 11.1 Å². The monoisotopic (exact) mass is 520 g/mol. The molecule has 0 unspecified atom stereocenters. The smallest absolute Gasteiger partial charge is 0.234 e. The van der Waals surface area contributed by atoms with E-state index in [1.54, 1.807) is 6.08 Å². The van der Waals surface area contributed by atoms with Crippen molar-refractivity contribution in [1.29, 1.82) is 0 Å². The molecule has 0 spiro atoms. The molecule has 1 aromatic heterocycles. The first-order chi connectivity index (χ1) is 15.1. The summed E-state index contributed by atoms with van der Waals surface area (Å²) in [5, 5.41) is 11.5. The molecule has 0 aliphatic heterocycles. The van der Waals surface area contributed by atoms with Crippen molar-refractivity contribution in [2.45, 2.75) is 37.9 Å². The van der Waals surface area contributed by atoms with Gasteiger partial charge in [0.25, 0.3) is 0 Å². The van der Waals surface area contributed by atoms with Gasteiger partial charge in [-0.05, 0) is 33.0 Å². The van der Waals surface area contributed by atoms with E-state index in [9.17, 15) is 13.6 Å². The third-order valence-electron chi connectivity index (χ3n) is 4.64. The number of carbonyl (C=O) groups excluding carboxylic acids is 1. The van der Waals surface area contributed by atoms with Gasteiger partial charge in [0.1, 0.15) is 5.82 Å². The maximum atomic E-state index is 14.0. The summed E-state index contributed by atoms with van der Waals surface area (Å²) in [4.78, 5) is 12.4. The van der Waals surface area contributed by atoms with Gasteiger partial charge in [0.2, 0.25) is 5.91 Å². The lowest BCUT2D eigenvalue weighted by Crippen LogP contribution is -2.16. The molecule has 9 heteroatoms. The molecule has 0 fully saturated rings. The minimum absolute atomic E-state index is 0.0263. The molecule has 0 aliphatic carbocycles. The second kappa shape index (κ2) is 9.95. The third kappa shape index (κ3) is 5.63. The van der Waals surface area contributed by atoms with Crippen LogP contribution in [-0.2, 0) is 16.8 Å². The summed E-state index contributed by atoms with van der Waals surface area (Å²) in [7, 11) is 0. The molecule has 0 saturated carbocycles. The molecule has 0 aliphatic rings. The molecule has 0 saturated heterocycles. The molecule has 1 heterocycles. The highest BCUT2D eigenvalue weighted by atomic mass is 79.9. The number of nitrogens with zero attached hydrogens (tertiary/aromatic N) is 3. The largest absolute Gasteiger partial charge is 0.322 e. The van der Waals surface area contributed by atoms with Crippen molar-refractivity contribution < 1.29 is 13.6 Å². The topological polar surface area (TPSA) is 59.8 Å². The van der Waals surface area contributed by atoms with Crippen LogP contribution in [0.25, 0.3) is 11.4 Å². The molecule has 0 atom stereocenters. The van der Waals surface area contributed by atoms with E-state index >= 15 is 0 Å². The number of halogens is 3. The first-order valence-electron chi connectivity index (χ1n) is 9.82. The van der Waals surface area contributed by atoms with Crippen molar-refractivity contribution in [3.8, 4) is 11.4 Å². The zero-order valence-electron chi connectivity index (χ0n) is 18.0. The predicted octanol–water partition coefficient (Wildman–Crippen LogP) is 6.20. The Labute approximate surface area is 198 Å². The van der Waals surface area contributed by atoms with Crippen LogP contribution in [0.5, 0.6) is 0 Å². The lowest BCUT2D eigenvalue weighted by atomic mass is 9.87. The summed E-state index contributed by atoms with van der Waals surface area (Å²) in [6, 6.07) is 9.94. The van der Waals surface area contributed by atoms with Crippen molar-refractivity contribution in [1.82, 2.24) is 14.8 Å². The predicted molar refractivity (Wildman–Crippen MR) is 128 cm³/mol. The normalized spacial score (nSPS) is 11.4. The van der Waals surface area contributed by atoms with Crippen LogP contribution in [0.15, 0.2) is 58.7 Å². The standard InChI is InChI=1S/C23H23BrF2N4OS/c1-5-10-30-21(14-6-8-15(9-7-14)23(2,3)4)28-29-22(30)32-13-19(31)27-20-17(24)11-16(25)12-18(20)26/h5-9,11-12H,1,10,13H2,2-4H3,(H,27,31). The summed E-state index contributed by atoms with van der Waals surface area (Å²) in [6.45, 7) is 10.7. The molecule has 3 aromatic rings. The molecular weight excluding hydrogens is 498 g/mol. The molecule has 0 bridgehead atoms. The molecule has 1 amide bonds. The Morgan fingerprint density at radius 2 is 1.91 bits per heavy atom. The van der Waals surface area contributed by atoms with Crippen LogP contribution in [0.4, 0.5) is 14.5 Å². The Morgan fingerprint density at radius 1 is 1.22 bits per heavy atom. The average Bonchev–Trinajstić information content (AvgIpc) is 3.11. The number of hydrogen-bond acceptors (Lipinski definition) is 4. The summed E-state index contributed by atoms with van der Waals surface area (Å²) in [5.41, 5.74) is 2.05. The fourth-order valence-corrected chi connectivity index (χ4v) is 4.24. The summed E-state index contributed by atoms with van der Waals surface area (Å²) in [6.07, 6.45) is 1.73. The van der Waals surface area contributed by atoms with E-state index in [1.807, 2.05) is 16.7 Å². The maximum absolute atomic E-state index is 14.0. The van der Waals surface area contributed by atoms with E-state index in [4.69, 9.17) is 0 Å². The highest BCUT2D eigenvalue weighted by molar-refractivity contribution is 9.10. The van der Waals surface area contributed by atoms with E-state index in [-0.39, 0.29) is 21.3 Å². The quantitative estimate of drug-likeness (QED) is 0.297. The second-order valence-corrected chi connectivity index (χ2v) is 9.91. The molecule has 0 radical (unpaired) electrons. The first-order valence-corrected chi connectivity index (χ1v) is 11.6. The molecule has 2 aromatic carbocycles. The zero-order valence-corrected chi connectivity index (χ0v) is 20.4. The molecule has 168 valence electrons. The number of nitrogens with one attached hydrogen (secondary N) is 1. The van der Waals surface area contributed by atoms with Gasteiger partial charge in [-0.2, -0.15) is 0 Å². The summed E-state index contributed by atoms with van der Waals surface area (Å²) in [5.74, 6) is -1.40. The number of aromatic nitrogens is 3. The van der Waals surface area contributed by atoms with Crippen LogP contribution in [0.1, 0.15) is 26.3 Å². The fraction of sp³-hybridized carbons (Fsp3) is 0.261. The third-order valence-corrected chi connectivity index (χ3v) is 6.23. The van der Waals surface area contributed by atoms with Gasteiger partial charge in [-0.25, -0.2) is 8.78 Å². The van der Waals surface area contributed by atoms with E-state index in [1.165, 1.54) is 17.3 Å². The second-order valence-electron chi connectivity index (χ2n) is 8.11. The summed E-state index contributed by atoms with van der Waals surface area (Å²) < 4.78 is 29.2. The van der Waals surface area contributed by atoms with Crippen LogP contribution >= 0.6 is 27.7 Å². The Kier molecular flexibility index (Phi) is 7.51. The lowest BCUT2D eigenvalue weighted by Gasteiger charge is -2.19. The van der Waals surface area contributed by atoms with Crippen molar-refractivity contribution in [3.63, 3.8) is 0 Å². The SMILES string of the molecule is C=CCn1c(SCC(=O)Nc2c(F)cc(F)cc2Br)nnc1-c1ccc(C(C)(C)C)cc1. The molecule has 32 heavy (non-hydrogen) atoms. The van der Waals surface area contributed by atoms with Crippen molar-refractivity contribution in [2.24, 2.45) is 0 Å². The minimum atomic E-state index is -0.856. The molecule has 3 rings (SSSR count). The van der Waals surface area contributed by atoms with Crippen LogP contribution in [0.3, 0.4) is 0 Å². The van der Waals surface area contributed by atoms with Gasteiger partial charge in [0, 0.05) is 22.6 Å². The number of benzene rings is 2. The number of allylic oxidation sites excluding steroid dienone is 1. The van der Waals surface area contributed by atoms with Crippen LogP contribution in [0, 0.1) is 11.6 Å². The zero-order chi connectivity index (χ0) is 23.5. The average molecular weight is 521 g/mol. The van der Waals surface area contributed by atoms with Gasteiger partial charge in [-0.15, -0.1) is 16.8 Å². The highest BCUT2D eigenvalue weighted by Crippen LogP contribution is 2.29. The van der Waals surface area contributed by atoms with Gasteiger partial charge in [0.05, 0.1) is 11.4 Å². The number of anilines is 1. The maximum Gasteiger partial charge on any atom is 0.234 e. The van der Waals surface area contributed by atoms with Crippen LogP contribution in [0.2, 0.25) is 0 Å².